The number of ether oxygens (including phenoxy) is 2. The predicted octanol–water partition coefficient (Wildman–Crippen LogP) is 5.50. The van der Waals surface area contributed by atoms with E-state index in [1.807, 2.05) is 0 Å². The Hall–Kier alpha value is -2.47. The molecule has 2 amide bonds. The van der Waals surface area contributed by atoms with E-state index in [1.54, 1.807) is 18.2 Å². The number of terminal acetylenes is 1. The SMILES string of the molecule is C#CCOc1c(Br)cc(/C=C2\SC(=O)N(Cc3ccc(F)cc3Cl)C2=O)cc1OC. The van der Waals surface area contributed by atoms with Crippen molar-refractivity contribution in [2.45, 2.75) is 6.54 Å². The molecule has 0 saturated carbocycles. The molecular formula is C21H14BrClFNO4S. The molecular weight excluding hydrogens is 497 g/mol. The third-order valence-electron chi connectivity index (χ3n) is 4.07. The number of carbonyl (C=O) groups is 2. The summed E-state index contributed by atoms with van der Waals surface area (Å²) in [6, 6.07) is 7.20. The lowest BCUT2D eigenvalue weighted by Crippen LogP contribution is -2.27. The number of halogens is 3. The summed E-state index contributed by atoms with van der Waals surface area (Å²) in [4.78, 5) is 26.4. The second-order valence-corrected chi connectivity index (χ2v) is 8.29. The Morgan fingerprint density at radius 2 is 2.10 bits per heavy atom. The lowest BCUT2D eigenvalue weighted by Gasteiger charge is -2.13. The molecule has 0 aliphatic carbocycles. The number of methoxy groups -OCH3 is 1. The van der Waals surface area contributed by atoms with Gasteiger partial charge in [-0.05, 0) is 69.2 Å². The van der Waals surface area contributed by atoms with Crippen LogP contribution < -0.4 is 9.47 Å². The van der Waals surface area contributed by atoms with Crippen LogP contribution >= 0.6 is 39.3 Å². The van der Waals surface area contributed by atoms with Crippen molar-refractivity contribution < 1.29 is 23.5 Å². The first kappa shape index (κ1) is 22.2. The number of benzene rings is 2. The molecule has 2 aromatic rings. The van der Waals surface area contributed by atoms with E-state index < -0.39 is 17.0 Å². The van der Waals surface area contributed by atoms with E-state index in [2.05, 4.69) is 21.9 Å². The van der Waals surface area contributed by atoms with Crippen LogP contribution in [0.1, 0.15) is 11.1 Å². The Bertz CT molecular complexity index is 1100. The van der Waals surface area contributed by atoms with Crippen molar-refractivity contribution in [3.63, 3.8) is 0 Å². The molecule has 2 aromatic carbocycles. The average molecular weight is 511 g/mol. The van der Waals surface area contributed by atoms with Crippen LogP contribution in [-0.4, -0.2) is 29.8 Å². The summed E-state index contributed by atoms with van der Waals surface area (Å²) >= 11 is 10.2. The molecule has 0 bridgehead atoms. The Morgan fingerprint density at radius 3 is 2.77 bits per heavy atom. The quantitative estimate of drug-likeness (QED) is 0.379. The van der Waals surface area contributed by atoms with Gasteiger partial charge in [0.05, 0.1) is 23.0 Å². The number of thioether (sulfide) groups is 1. The van der Waals surface area contributed by atoms with Crippen molar-refractivity contribution in [2.75, 3.05) is 13.7 Å². The van der Waals surface area contributed by atoms with Gasteiger partial charge in [-0.1, -0.05) is 23.6 Å². The maximum atomic E-state index is 13.2. The fraction of sp³-hybridized carbons (Fsp3) is 0.143. The smallest absolute Gasteiger partial charge is 0.293 e. The number of carbonyl (C=O) groups excluding carboxylic acids is 2. The molecule has 0 atom stereocenters. The molecule has 1 saturated heterocycles. The molecule has 154 valence electrons. The third-order valence-corrected chi connectivity index (χ3v) is 5.91. The second-order valence-electron chi connectivity index (χ2n) is 6.03. The summed E-state index contributed by atoms with van der Waals surface area (Å²) in [7, 11) is 1.48. The van der Waals surface area contributed by atoms with E-state index in [0.717, 1.165) is 22.7 Å². The van der Waals surface area contributed by atoms with Crippen molar-refractivity contribution in [1.82, 2.24) is 4.90 Å². The summed E-state index contributed by atoms with van der Waals surface area (Å²) in [6.45, 7) is 0.0200. The van der Waals surface area contributed by atoms with Crippen LogP contribution in [0.15, 0.2) is 39.7 Å². The topological polar surface area (TPSA) is 55.8 Å². The number of hydrogen-bond acceptors (Lipinski definition) is 5. The predicted molar refractivity (Wildman–Crippen MR) is 118 cm³/mol. The van der Waals surface area contributed by atoms with Gasteiger partial charge in [0.25, 0.3) is 11.1 Å². The van der Waals surface area contributed by atoms with Crippen molar-refractivity contribution in [3.8, 4) is 23.8 Å². The first-order valence-electron chi connectivity index (χ1n) is 8.47. The van der Waals surface area contributed by atoms with E-state index in [0.29, 0.717) is 27.1 Å². The highest BCUT2D eigenvalue weighted by molar-refractivity contribution is 9.10. The minimum Gasteiger partial charge on any atom is -0.493 e. The van der Waals surface area contributed by atoms with Crippen LogP contribution in [0.5, 0.6) is 11.5 Å². The van der Waals surface area contributed by atoms with Crippen molar-refractivity contribution in [2.24, 2.45) is 0 Å². The minimum absolute atomic E-state index is 0.0486. The van der Waals surface area contributed by atoms with E-state index in [1.165, 1.54) is 19.2 Å². The summed E-state index contributed by atoms with van der Waals surface area (Å²) in [5.74, 6) is 2.28. The summed E-state index contributed by atoms with van der Waals surface area (Å²) in [5, 5.41) is -0.291. The fourth-order valence-electron chi connectivity index (χ4n) is 2.68. The average Bonchev–Trinajstić information content (AvgIpc) is 2.96. The van der Waals surface area contributed by atoms with Crippen LogP contribution in [0.4, 0.5) is 9.18 Å². The molecule has 0 spiro atoms. The van der Waals surface area contributed by atoms with Gasteiger partial charge >= 0.3 is 0 Å². The number of hydrogen-bond donors (Lipinski definition) is 0. The zero-order valence-electron chi connectivity index (χ0n) is 15.6. The maximum Gasteiger partial charge on any atom is 0.293 e. The molecule has 0 N–H and O–H groups in total. The molecule has 30 heavy (non-hydrogen) atoms. The fourth-order valence-corrected chi connectivity index (χ4v) is 4.32. The summed E-state index contributed by atoms with van der Waals surface area (Å²) in [5.41, 5.74) is 1.10. The molecule has 9 heteroatoms. The van der Waals surface area contributed by atoms with Crippen molar-refractivity contribution in [1.29, 1.82) is 0 Å². The molecule has 1 heterocycles. The van der Waals surface area contributed by atoms with Crippen molar-refractivity contribution >= 4 is 56.5 Å². The van der Waals surface area contributed by atoms with Gasteiger partial charge in [-0.15, -0.1) is 6.42 Å². The summed E-state index contributed by atoms with van der Waals surface area (Å²) in [6.07, 6.45) is 6.80. The Kier molecular flexibility index (Phi) is 7.08. The number of amides is 2. The van der Waals surface area contributed by atoms with Crippen LogP contribution in [0, 0.1) is 18.2 Å². The van der Waals surface area contributed by atoms with Crippen LogP contribution in [0.3, 0.4) is 0 Å². The van der Waals surface area contributed by atoms with E-state index in [-0.39, 0.29) is 23.1 Å². The first-order chi connectivity index (χ1) is 14.3. The highest BCUT2D eigenvalue weighted by Crippen LogP contribution is 2.39. The Balaban J connectivity index is 1.86. The lowest BCUT2D eigenvalue weighted by molar-refractivity contribution is -0.123. The van der Waals surface area contributed by atoms with Gasteiger partial charge in [-0.3, -0.25) is 14.5 Å². The van der Waals surface area contributed by atoms with Crippen LogP contribution in [0.25, 0.3) is 6.08 Å². The highest BCUT2D eigenvalue weighted by Gasteiger charge is 2.35. The number of imide groups is 1. The monoisotopic (exact) mass is 509 g/mol. The van der Waals surface area contributed by atoms with E-state index in [4.69, 9.17) is 27.5 Å². The molecule has 1 aliphatic rings. The molecule has 0 aromatic heterocycles. The third kappa shape index (κ3) is 4.81. The van der Waals surface area contributed by atoms with E-state index in [9.17, 15) is 14.0 Å². The van der Waals surface area contributed by atoms with Gasteiger partial charge in [-0.25, -0.2) is 4.39 Å². The lowest BCUT2D eigenvalue weighted by atomic mass is 10.1. The van der Waals surface area contributed by atoms with Gasteiger partial charge < -0.3 is 9.47 Å². The van der Waals surface area contributed by atoms with Gasteiger partial charge in [0.1, 0.15) is 12.4 Å². The van der Waals surface area contributed by atoms with Crippen LogP contribution in [-0.2, 0) is 11.3 Å². The Labute approximate surface area is 190 Å². The molecule has 5 nitrogen and oxygen atoms in total. The van der Waals surface area contributed by atoms with Crippen molar-refractivity contribution in [3.05, 3.63) is 61.7 Å². The maximum absolute atomic E-state index is 13.2. The number of rotatable bonds is 6. The standard InChI is InChI=1S/C21H14BrClFNO4S/c1-3-6-29-19-15(22)7-12(8-17(19)28-2)9-18-20(26)25(21(27)30-18)11-13-4-5-14(24)10-16(13)23/h1,4-5,7-10H,6,11H2,2H3/b18-9-. The highest BCUT2D eigenvalue weighted by atomic mass is 79.9. The minimum atomic E-state index is -0.494. The van der Waals surface area contributed by atoms with E-state index >= 15 is 0 Å². The van der Waals surface area contributed by atoms with Gasteiger partial charge in [-0.2, -0.15) is 0 Å². The molecule has 1 fully saturated rings. The Morgan fingerprint density at radius 1 is 1.33 bits per heavy atom. The molecule has 1 aliphatic heterocycles. The first-order valence-corrected chi connectivity index (χ1v) is 10.5. The second kappa shape index (κ2) is 9.56. The van der Waals surface area contributed by atoms with Gasteiger partial charge in [0, 0.05) is 5.02 Å². The number of nitrogens with zero attached hydrogens (tertiary/aromatic N) is 1. The normalized spacial score (nSPS) is 14.9. The summed E-state index contributed by atoms with van der Waals surface area (Å²) < 4.78 is 24.6. The van der Waals surface area contributed by atoms with Crippen LogP contribution in [0.2, 0.25) is 5.02 Å². The molecule has 0 unspecified atom stereocenters. The zero-order chi connectivity index (χ0) is 21.8. The van der Waals surface area contributed by atoms with Gasteiger partial charge in [0.15, 0.2) is 11.5 Å². The van der Waals surface area contributed by atoms with Gasteiger partial charge in [0.2, 0.25) is 0 Å². The zero-order valence-corrected chi connectivity index (χ0v) is 18.7. The molecule has 0 radical (unpaired) electrons. The molecule has 3 rings (SSSR count). The largest absolute Gasteiger partial charge is 0.493 e.